The lowest BCUT2D eigenvalue weighted by atomic mass is 10.1. The largest absolute Gasteiger partial charge is 0.394 e. The molecule has 5 N–H and O–H groups in total. The molecule has 4 atom stereocenters. The van der Waals surface area contributed by atoms with Crippen molar-refractivity contribution < 1.29 is 24.4 Å². The number of aromatic nitrogens is 4. The van der Waals surface area contributed by atoms with E-state index in [0.717, 1.165) is 0 Å². The summed E-state index contributed by atoms with van der Waals surface area (Å²) in [5.74, 6) is -0.238. The van der Waals surface area contributed by atoms with Gasteiger partial charge in [0.15, 0.2) is 11.9 Å². The fourth-order valence-corrected chi connectivity index (χ4v) is 3.06. The SMILES string of the molecule is Nc1ncnc2c1c(-c1ccc(F)cc1)nn2[C@@H]1O[C@H](CO)[C@@H](O)[C@H]1O. The Kier molecular flexibility index (Phi) is 4.04. The van der Waals surface area contributed by atoms with Crippen LogP contribution in [0.2, 0.25) is 0 Å². The van der Waals surface area contributed by atoms with Crippen LogP contribution in [-0.2, 0) is 4.74 Å². The average molecular weight is 361 g/mol. The first kappa shape index (κ1) is 16.8. The maximum absolute atomic E-state index is 13.2. The third kappa shape index (κ3) is 2.51. The highest BCUT2D eigenvalue weighted by molar-refractivity contribution is 5.98. The lowest BCUT2D eigenvalue weighted by molar-refractivity contribution is -0.0565. The van der Waals surface area contributed by atoms with Crippen molar-refractivity contribution in [1.29, 1.82) is 0 Å². The highest BCUT2D eigenvalue weighted by Crippen LogP contribution is 2.36. The van der Waals surface area contributed by atoms with Crippen LogP contribution in [-0.4, -0.2) is 60.0 Å². The molecular weight excluding hydrogens is 345 g/mol. The third-order valence-corrected chi connectivity index (χ3v) is 4.39. The van der Waals surface area contributed by atoms with Gasteiger partial charge in [0.25, 0.3) is 0 Å². The molecule has 0 amide bonds. The van der Waals surface area contributed by atoms with Crippen LogP contribution in [0, 0.1) is 5.82 Å². The van der Waals surface area contributed by atoms with Gasteiger partial charge in [0, 0.05) is 5.56 Å². The molecule has 0 bridgehead atoms. The molecule has 0 radical (unpaired) electrons. The maximum atomic E-state index is 13.2. The van der Waals surface area contributed by atoms with E-state index in [1.165, 1.54) is 35.3 Å². The van der Waals surface area contributed by atoms with Crippen molar-refractivity contribution in [2.45, 2.75) is 24.5 Å². The summed E-state index contributed by atoms with van der Waals surface area (Å²) in [7, 11) is 0. The van der Waals surface area contributed by atoms with Gasteiger partial charge in [0.1, 0.15) is 42.0 Å². The number of nitrogen functional groups attached to an aromatic ring is 1. The summed E-state index contributed by atoms with van der Waals surface area (Å²) >= 11 is 0. The molecule has 26 heavy (non-hydrogen) atoms. The van der Waals surface area contributed by atoms with Gasteiger partial charge in [-0.05, 0) is 24.3 Å². The fraction of sp³-hybridized carbons (Fsp3) is 0.312. The molecule has 0 aliphatic carbocycles. The average Bonchev–Trinajstić information content (AvgIpc) is 3.15. The van der Waals surface area contributed by atoms with Crippen molar-refractivity contribution >= 4 is 16.9 Å². The molecule has 1 fully saturated rings. The molecule has 10 heteroatoms. The molecule has 3 heterocycles. The van der Waals surface area contributed by atoms with Gasteiger partial charge in [-0.25, -0.2) is 19.0 Å². The van der Waals surface area contributed by atoms with Crippen molar-refractivity contribution in [3.05, 3.63) is 36.4 Å². The van der Waals surface area contributed by atoms with E-state index in [-0.39, 0.29) is 11.5 Å². The second kappa shape index (κ2) is 6.25. The number of fused-ring (bicyclic) bond motifs is 1. The van der Waals surface area contributed by atoms with E-state index in [0.29, 0.717) is 16.6 Å². The summed E-state index contributed by atoms with van der Waals surface area (Å²) < 4.78 is 20.1. The molecule has 0 spiro atoms. The number of nitrogens with two attached hydrogens (primary N) is 1. The maximum Gasteiger partial charge on any atom is 0.181 e. The number of anilines is 1. The van der Waals surface area contributed by atoms with Crippen LogP contribution in [0.25, 0.3) is 22.3 Å². The molecule has 4 rings (SSSR count). The molecule has 1 saturated heterocycles. The molecule has 3 aromatic rings. The Morgan fingerprint density at radius 2 is 1.88 bits per heavy atom. The molecule has 1 aromatic carbocycles. The molecule has 0 unspecified atom stereocenters. The van der Waals surface area contributed by atoms with Crippen LogP contribution in [0.1, 0.15) is 6.23 Å². The minimum Gasteiger partial charge on any atom is -0.394 e. The first-order chi connectivity index (χ1) is 12.5. The number of hydrogen-bond donors (Lipinski definition) is 4. The first-order valence-electron chi connectivity index (χ1n) is 7.88. The zero-order chi connectivity index (χ0) is 18.4. The van der Waals surface area contributed by atoms with Crippen molar-refractivity contribution in [2.24, 2.45) is 0 Å². The van der Waals surface area contributed by atoms with E-state index < -0.39 is 37.0 Å². The molecule has 2 aromatic heterocycles. The highest BCUT2D eigenvalue weighted by Gasteiger charge is 2.44. The first-order valence-corrected chi connectivity index (χ1v) is 7.88. The standard InChI is InChI=1S/C16H16FN5O4/c17-8-3-1-7(2-4-8)11-10-14(18)19-6-20-15(10)22(21-11)16-13(25)12(24)9(5-23)26-16/h1-4,6,9,12-13,16,23-25H,5H2,(H2,18,19,20)/t9-,12-,13-,16-/m1/s1. The Morgan fingerprint density at radius 3 is 2.54 bits per heavy atom. The summed E-state index contributed by atoms with van der Waals surface area (Å²) in [5.41, 5.74) is 7.22. The molecule has 9 nitrogen and oxygen atoms in total. The number of rotatable bonds is 3. The van der Waals surface area contributed by atoms with Crippen LogP contribution < -0.4 is 5.73 Å². The fourth-order valence-electron chi connectivity index (χ4n) is 3.06. The van der Waals surface area contributed by atoms with E-state index in [1.54, 1.807) is 0 Å². The Hall–Kier alpha value is -2.66. The zero-order valence-corrected chi connectivity index (χ0v) is 13.4. The quantitative estimate of drug-likeness (QED) is 0.504. The van der Waals surface area contributed by atoms with E-state index in [1.807, 2.05) is 0 Å². The van der Waals surface area contributed by atoms with Crippen LogP contribution in [0.15, 0.2) is 30.6 Å². The Bertz CT molecular complexity index is 948. The number of hydrogen-bond acceptors (Lipinski definition) is 8. The lowest BCUT2D eigenvalue weighted by Crippen LogP contribution is -2.33. The lowest BCUT2D eigenvalue weighted by Gasteiger charge is -2.15. The molecule has 1 aliphatic rings. The predicted octanol–water partition coefficient (Wildman–Crippen LogP) is -0.174. The second-order valence-corrected chi connectivity index (χ2v) is 5.99. The Morgan fingerprint density at radius 1 is 1.15 bits per heavy atom. The summed E-state index contributed by atoms with van der Waals surface area (Å²) in [4.78, 5) is 8.12. The van der Waals surface area contributed by atoms with Gasteiger partial charge in [-0.15, -0.1) is 0 Å². The van der Waals surface area contributed by atoms with E-state index >= 15 is 0 Å². The van der Waals surface area contributed by atoms with Gasteiger partial charge in [-0.3, -0.25) is 0 Å². The smallest absolute Gasteiger partial charge is 0.181 e. The van der Waals surface area contributed by atoms with Crippen molar-refractivity contribution in [2.75, 3.05) is 12.3 Å². The minimum atomic E-state index is -1.33. The normalized spacial score (nSPS) is 25.8. The summed E-state index contributed by atoms with van der Waals surface area (Å²) in [5, 5.41) is 34.4. The molecule has 0 saturated carbocycles. The number of ether oxygens (including phenoxy) is 1. The van der Waals surface area contributed by atoms with E-state index in [4.69, 9.17) is 10.5 Å². The zero-order valence-electron chi connectivity index (χ0n) is 13.4. The van der Waals surface area contributed by atoms with Crippen molar-refractivity contribution in [3.63, 3.8) is 0 Å². The van der Waals surface area contributed by atoms with Crippen molar-refractivity contribution in [1.82, 2.24) is 19.7 Å². The van der Waals surface area contributed by atoms with Gasteiger partial charge in [-0.1, -0.05) is 0 Å². The number of aliphatic hydroxyl groups excluding tert-OH is 3. The third-order valence-electron chi connectivity index (χ3n) is 4.39. The topological polar surface area (TPSA) is 140 Å². The summed E-state index contributed by atoms with van der Waals surface area (Å²) in [6, 6.07) is 5.63. The van der Waals surface area contributed by atoms with Gasteiger partial charge in [0.2, 0.25) is 0 Å². The number of halogens is 1. The van der Waals surface area contributed by atoms with Gasteiger partial charge >= 0.3 is 0 Å². The monoisotopic (exact) mass is 361 g/mol. The Balaban J connectivity index is 1.89. The van der Waals surface area contributed by atoms with E-state index in [2.05, 4.69) is 15.1 Å². The number of benzene rings is 1. The van der Waals surface area contributed by atoms with E-state index in [9.17, 15) is 19.7 Å². The number of aliphatic hydroxyl groups is 3. The van der Waals surface area contributed by atoms with Crippen LogP contribution in [0.3, 0.4) is 0 Å². The Labute approximate surface area is 146 Å². The van der Waals surface area contributed by atoms with Gasteiger partial charge < -0.3 is 25.8 Å². The summed E-state index contributed by atoms with van der Waals surface area (Å²) in [6.07, 6.45) is -3.40. The minimum absolute atomic E-state index is 0.160. The predicted molar refractivity (Wildman–Crippen MR) is 88.1 cm³/mol. The number of nitrogens with zero attached hydrogens (tertiary/aromatic N) is 4. The van der Waals surface area contributed by atoms with Gasteiger partial charge in [0.05, 0.1) is 12.0 Å². The van der Waals surface area contributed by atoms with Crippen LogP contribution >= 0.6 is 0 Å². The van der Waals surface area contributed by atoms with Crippen LogP contribution in [0.5, 0.6) is 0 Å². The van der Waals surface area contributed by atoms with Crippen LogP contribution in [0.4, 0.5) is 10.2 Å². The molecule has 1 aliphatic heterocycles. The van der Waals surface area contributed by atoms with Gasteiger partial charge in [-0.2, -0.15) is 5.10 Å². The molecular formula is C16H16FN5O4. The van der Waals surface area contributed by atoms with Crippen molar-refractivity contribution in [3.8, 4) is 11.3 Å². The second-order valence-electron chi connectivity index (χ2n) is 5.99. The molecule has 136 valence electrons. The highest BCUT2D eigenvalue weighted by atomic mass is 19.1. The summed E-state index contributed by atoms with van der Waals surface area (Å²) in [6.45, 7) is -0.462.